The van der Waals surface area contributed by atoms with Gasteiger partial charge < -0.3 is 14.4 Å². The molecule has 1 heterocycles. The first kappa shape index (κ1) is 14.1. The topological polar surface area (TPSA) is 21.7 Å². The molecule has 0 radical (unpaired) electrons. The van der Waals surface area contributed by atoms with Gasteiger partial charge in [0.1, 0.15) is 11.5 Å². The zero-order chi connectivity index (χ0) is 14.8. The fraction of sp³-hybridized carbons (Fsp3) is 0.294. The standard InChI is InChI=1S/C17H19NO2S/c1-12-18(16-6-4-5-7-17(16)21-12)11-13-8-14(19-2)10-15(9-13)20-3/h4-10,12H,11H2,1-3H3. The van der Waals surface area contributed by atoms with E-state index in [1.807, 2.05) is 17.8 Å². The summed E-state index contributed by atoms with van der Waals surface area (Å²) in [5, 5.41) is 0.430. The Hall–Kier alpha value is -1.81. The lowest BCUT2D eigenvalue weighted by Gasteiger charge is -2.24. The van der Waals surface area contributed by atoms with E-state index >= 15 is 0 Å². The lowest BCUT2D eigenvalue weighted by atomic mass is 10.1. The monoisotopic (exact) mass is 301 g/mol. The summed E-state index contributed by atoms with van der Waals surface area (Å²) < 4.78 is 10.7. The predicted octanol–water partition coefficient (Wildman–Crippen LogP) is 4.16. The van der Waals surface area contributed by atoms with Crippen molar-refractivity contribution in [1.29, 1.82) is 0 Å². The fourth-order valence-electron chi connectivity index (χ4n) is 2.61. The van der Waals surface area contributed by atoms with E-state index < -0.39 is 0 Å². The van der Waals surface area contributed by atoms with E-state index in [1.165, 1.54) is 16.1 Å². The number of benzene rings is 2. The van der Waals surface area contributed by atoms with Crippen molar-refractivity contribution in [2.24, 2.45) is 0 Å². The van der Waals surface area contributed by atoms with Crippen LogP contribution in [0.15, 0.2) is 47.4 Å². The van der Waals surface area contributed by atoms with Crippen LogP contribution in [0.25, 0.3) is 0 Å². The average molecular weight is 301 g/mol. The molecule has 0 bridgehead atoms. The number of fused-ring (bicyclic) bond motifs is 1. The van der Waals surface area contributed by atoms with Crippen LogP contribution in [0, 0.1) is 0 Å². The van der Waals surface area contributed by atoms with Gasteiger partial charge in [-0.05, 0) is 36.8 Å². The average Bonchev–Trinajstić information content (AvgIpc) is 2.83. The molecule has 1 aliphatic rings. The molecule has 3 rings (SSSR count). The first-order valence-electron chi connectivity index (χ1n) is 6.95. The van der Waals surface area contributed by atoms with Gasteiger partial charge in [-0.15, -0.1) is 0 Å². The first-order valence-corrected chi connectivity index (χ1v) is 7.83. The van der Waals surface area contributed by atoms with Crippen LogP contribution in [0.3, 0.4) is 0 Å². The molecule has 21 heavy (non-hydrogen) atoms. The number of hydrogen-bond acceptors (Lipinski definition) is 4. The summed E-state index contributed by atoms with van der Waals surface area (Å²) in [6.07, 6.45) is 0. The van der Waals surface area contributed by atoms with E-state index in [0.717, 1.165) is 18.0 Å². The SMILES string of the molecule is COc1cc(CN2c3ccccc3SC2C)cc(OC)c1. The molecule has 3 nitrogen and oxygen atoms in total. The Morgan fingerprint density at radius 2 is 1.71 bits per heavy atom. The Morgan fingerprint density at radius 3 is 2.38 bits per heavy atom. The number of rotatable bonds is 4. The Bertz CT molecular complexity index is 622. The Balaban J connectivity index is 1.90. The molecule has 0 saturated carbocycles. The summed E-state index contributed by atoms with van der Waals surface area (Å²) in [5.41, 5.74) is 2.49. The summed E-state index contributed by atoms with van der Waals surface area (Å²) in [6, 6.07) is 14.6. The molecule has 0 fully saturated rings. The van der Waals surface area contributed by atoms with Gasteiger partial charge in [-0.3, -0.25) is 0 Å². The lowest BCUT2D eigenvalue weighted by Crippen LogP contribution is -2.26. The third kappa shape index (κ3) is 2.81. The highest BCUT2D eigenvalue weighted by molar-refractivity contribution is 8.00. The van der Waals surface area contributed by atoms with Crippen molar-refractivity contribution < 1.29 is 9.47 Å². The van der Waals surface area contributed by atoms with E-state index in [-0.39, 0.29) is 0 Å². The summed E-state index contributed by atoms with van der Waals surface area (Å²) in [5.74, 6) is 1.66. The van der Waals surface area contributed by atoms with Crippen LogP contribution in [0.1, 0.15) is 12.5 Å². The van der Waals surface area contributed by atoms with Crippen LogP contribution in [-0.2, 0) is 6.54 Å². The zero-order valence-corrected chi connectivity index (χ0v) is 13.3. The van der Waals surface area contributed by atoms with Crippen LogP contribution in [0.2, 0.25) is 0 Å². The molecular formula is C17H19NO2S. The third-order valence-electron chi connectivity index (χ3n) is 3.68. The maximum Gasteiger partial charge on any atom is 0.122 e. The molecule has 1 atom stereocenters. The number of hydrogen-bond donors (Lipinski definition) is 0. The normalized spacial score (nSPS) is 16.7. The molecule has 2 aromatic rings. The van der Waals surface area contributed by atoms with Gasteiger partial charge in [-0.1, -0.05) is 23.9 Å². The highest BCUT2D eigenvalue weighted by Crippen LogP contribution is 2.43. The minimum atomic E-state index is 0.430. The van der Waals surface area contributed by atoms with Crippen molar-refractivity contribution in [3.05, 3.63) is 48.0 Å². The van der Waals surface area contributed by atoms with E-state index in [0.29, 0.717) is 5.37 Å². The van der Waals surface area contributed by atoms with Crippen molar-refractivity contribution in [1.82, 2.24) is 0 Å². The molecular weight excluding hydrogens is 282 g/mol. The zero-order valence-electron chi connectivity index (χ0n) is 12.5. The van der Waals surface area contributed by atoms with Gasteiger partial charge in [-0.2, -0.15) is 0 Å². The minimum Gasteiger partial charge on any atom is -0.497 e. The number of methoxy groups -OCH3 is 2. The quantitative estimate of drug-likeness (QED) is 0.845. The number of anilines is 1. The summed E-state index contributed by atoms with van der Waals surface area (Å²) >= 11 is 1.90. The van der Waals surface area contributed by atoms with Crippen LogP contribution in [0.5, 0.6) is 11.5 Å². The molecule has 0 spiro atoms. The Labute approximate surface area is 129 Å². The maximum absolute atomic E-state index is 5.35. The molecule has 0 N–H and O–H groups in total. The third-order valence-corrected chi connectivity index (χ3v) is 4.87. The minimum absolute atomic E-state index is 0.430. The van der Waals surface area contributed by atoms with Gasteiger partial charge in [0.25, 0.3) is 0 Å². The van der Waals surface area contributed by atoms with Gasteiger partial charge in [0.2, 0.25) is 0 Å². The molecule has 1 aliphatic heterocycles. The molecule has 0 saturated heterocycles. The van der Waals surface area contributed by atoms with Crippen molar-refractivity contribution in [2.75, 3.05) is 19.1 Å². The van der Waals surface area contributed by atoms with Crippen molar-refractivity contribution in [2.45, 2.75) is 23.7 Å². The van der Waals surface area contributed by atoms with Crippen LogP contribution in [0.4, 0.5) is 5.69 Å². The van der Waals surface area contributed by atoms with E-state index in [9.17, 15) is 0 Å². The summed E-state index contributed by atoms with van der Waals surface area (Å²) in [4.78, 5) is 3.76. The van der Waals surface area contributed by atoms with Gasteiger partial charge in [-0.25, -0.2) is 0 Å². The highest BCUT2D eigenvalue weighted by atomic mass is 32.2. The Kier molecular flexibility index (Phi) is 3.97. The second-order valence-corrected chi connectivity index (χ2v) is 6.39. The largest absolute Gasteiger partial charge is 0.497 e. The van der Waals surface area contributed by atoms with E-state index in [1.54, 1.807) is 14.2 Å². The molecule has 2 aromatic carbocycles. The summed E-state index contributed by atoms with van der Waals surface area (Å²) in [6.45, 7) is 3.08. The molecule has 0 aromatic heterocycles. The molecule has 4 heteroatoms. The second kappa shape index (κ2) is 5.90. The van der Waals surface area contributed by atoms with Crippen LogP contribution in [-0.4, -0.2) is 19.6 Å². The number of thioether (sulfide) groups is 1. The molecule has 0 amide bonds. The molecule has 1 unspecified atom stereocenters. The summed E-state index contributed by atoms with van der Waals surface area (Å²) in [7, 11) is 3.37. The van der Waals surface area contributed by atoms with Gasteiger partial charge in [0.05, 0.1) is 25.3 Å². The number of ether oxygens (including phenoxy) is 2. The predicted molar refractivity (Wildman–Crippen MR) is 87.5 cm³/mol. The Morgan fingerprint density at radius 1 is 1.05 bits per heavy atom. The van der Waals surface area contributed by atoms with Crippen molar-refractivity contribution >= 4 is 17.4 Å². The van der Waals surface area contributed by atoms with Gasteiger partial charge in [0.15, 0.2) is 0 Å². The van der Waals surface area contributed by atoms with E-state index in [2.05, 4.69) is 48.2 Å². The molecule has 110 valence electrons. The maximum atomic E-state index is 5.35. The van der Waals surface area contributed by atoms with Crippen LogP contribution < -0.4 is 14.4 Å². The van der Waals surface area contributed by atoms with Crippen molar-refractivity contribution in [3.8, 4) is 11.5 Å². The lowest BCUT2D eigenvalue weighted by molar-refractivity contribution is 0.393. The van der Waals surface area contributed by atoms with Gasteiger partial charge in [0, 0.05) is 17.5 Å². The second-order valence-electron chi connectivity index (χ2n) is 5.03. The van der Waals surface area contributed by atoms with Crippen LogP contribution >= 0.6 is 11.8 Å². The van der Waals surface area contributed by atoms with E-state index in [4.69, 9.17) is 9.47 Å². The van der Waals surface area contributed by atoms with Crippen molar-refractivity contribution in [3.63, 3.8) is 0 Å². The van der Waals surface area contributed by atoms with Gasteiger partial charge >= 0.3 is 0 Å². The number of para-hydroxylation sites is 1. The number of nitrogens with zero attached hydrogens (tertiary/aromatic N) is 1. The molecule has 0 aliphatic carbocycles. The first-order chi connectivity index (χ1) is 10.2. The smallest absolute Gasteiger partial charge is 0.122 e. The fourth-order valence-corrected chi connectivity index (χ4v) is 3.75. The highest BCUT2D eigenvalue weighted by Gasteiger charge is 2.26.